The van der Waals surface area contributed by atoms with E-state index in [1.807, 2.05) is 30.3 Å². The number of methoxy groups -OCH3 is 2. The zero-order chi connectivity index (χ0) is 21.3. The number of para-hydroxylation sites is 1. The summed E-state index contributed by atoms with van der Waals surface area (Å²) in [5.74, 6) is 0.854. The number of hydrogen-bond acceptors (Lipinski definition) is 5. The van der Waals surface area contributed by atoms with Crippen LogP contribution in [0.3, 0.4) is 0 Å². The topological polar surface area (TPSA) is 78.3 Å². The van der Waals surface area contributed by atoms with Gasteiger partial charge in [-0.05, 0) is 38.0 Å². The highest BCUT2D eigenvalue weighted by molar-refractivity contribution is 5.90. The number of carbonyl (C=O) groups excluding carboxylic acids is 1. The fourth-order valence-corrected chi connectivity index (χ4v) is 3.33. The van der Waals surface area contributed by atoms with Crippen LogP contribution in [0.4, 0.5) is 4.39 Å². The van der Waals surface area contributed by atoms with Crippen molar-refractivity contribution in [3.63, 3.8) is 0 Å². The van der Waals surface area contributed by atoms with Gasteiger partial charge in [0.2, 0.25) is 5.82 Å². The number of amides is 1. The first-order valence-electron chi connectivity index (χ1n) is 9.76. The number of benzene rings is 2. The maximum atomic E-state index is 14.5. The number of carbonyl (C=O) groups is 1. The van der Waals surface area contributed by atoms with Crippen molar-refractivity contribution < 1.29 is 18.7 Å². The molecule has 1 unspecified atom stereocenters. The molecule has 1 atom stereocenters. The van der Waals surface area contributed by atoms with E-state index in [1.165, 1.54) is 26.4 Å². The number of aromatic nitrogens is 3. The third kappa shape index (κ3) is 3.85. The van der Waals surface area contributed by atoms with E-state index in [9.17, 15) is 9.18 Å². The Bertz CT molecular complexity index is 1060. The lowest BCUT2D eigenvalue weighted by molar-refractivity contribution is 0.0929. The van der Waals surface area contributed by atoms with Gasteiger partial charge in [0.25, 0.3) is 5.91 Å². The second-order valence-corrected chi connectivity index (χ2v) is 7.24. The Morgan fingerprint density at radius 1 is 1.17 bits per heavy atom. The van der Waals surface area contributed by atoms with Crippen LogP contribution in [-0.2, 0) is 0 Å². The monoisotopic (exact) mass is 410 g/mol. The number of ether oxygens (including phenoxy) is 2. The van der Waals surface area contributed by atoms with Crippen LogP contribution in [-0.4, -0.2) is 34.9 Å². The van der Waals surface area contributed by atoms with Crippen LogP contribution in [0.5, 0.6) is 11.5 Å². The Morgan fingerprint density at radius 3 is 2.47 bits per heavy atom. The first-order chi connectivity index (χ1) is 14.5. The van der Waals surface area contributed by atoms with Crippen LogP contribution >= 0.6 is 0 Å². The lowest BCUT2D eigenvalue weighted by Crippen LogP contribution is -2.28. The Kier molecular flexibility index (Phi) is 5.39. The molecule has 1 heterocycles. The van der Waals surface area contributed by atoms with E-state index in [0.717, 1.165) is 24.4 Å². The lowest BCUT2D eigenvalue weighted by atomic mass is 10.1. The van der Waals surface area contributed by atoms with Gasteiger partial charge in [-0.1, -0.05) is 18.2 Å². The van der Waals surface area contributed by atoms with Crippen LogP contribution in [0.1, 0.15) is 53.7 Å². The summed E-state index contributed by atoms with van der Waals surface area (Å²) in [6, 6.07) is 11.7. The number of halogens is 1. The van der Waals surface area contributed by atoms with Crippen molar-refractivity contribution in [2.75, 3.05) is 14.2 Å². The Morgan fingerprint density at radius 2 is 1.83 bits per heavy atom. The Balaban J connectivity index is 1.59. The van der Waals surface area contributed by atoms with E-state index in [0.29, 0.717) is 11.7 Å². The highest BCUT2D eigenvalue weighted by atomic mass is 19.1. The van der Waals surface area contributed by atoms with E-state index in [2.05, 4.69) is 15.4 Å². The van der Waals surface area contributed by atoms with Gasteiger partial charge in [-0.3, -0.25) is 4.79 Å². The van der Waals surface area contributed by atoms with E-state index in [1.54, 1.807) is 11.6 Å². The molecule has 1 fully saturated rings. The molecule has 156 valence electrons. The van der Waals surface area contributed by atoms with Crippen LogP contribution < -0.4 is 14.8 Å². The van der Waals surface area contributed by atoms with E-state index < -0.39 is 17.8 Å². The third-order valence-electron chi connectivity index (χ3n) is 5.10. The van der Waals surface area contributed by atoms with Crippen LogP contribution in [0, 0.1) is 5.82 Å². The molecular weight excluding hydrogens is 387 g/mol. The summed E-state index contributed by atoms with van der Waals surface area (Å²) in [5, 5.41) is 7.21. The summed E-state index contributed by atoms with van der Waals surface area (Å²) in [6.07, 6.45) is 2.06. The van der Waals surface area contributed by atoms with E-state index in [4.69, 9.17) is 9.47 Å². The average Bonchev–Trinajstić information content (AvgIpc) is 3.51. The molecule has 3 aromatic rings. The number of hydrogen-bond donors (Lipinski definition) is 1. The van der Waals surface area contributed by atoms with Crippen molar-refractivity contribution >= 4 is 5.91 Å². The van der Waals surface area contributed by atoms with Gasteiger partial charge >= 0.3 is 0 Å². The summed E-state index contributed by atoms with van der Waals surface area (Å²) >= 11 is 0. The maximum absolute atomic E-state index is 14.5. The molecule has 0 bridgehead atoms. The summed E-state index contributed by atoms with van der Waals surface area (Å²) in [6.45, 7) is 1.69. The van der Waals surface area contributed by atoms with Crippen molar-refractivity contribution in [2.45, 2.75) is 31.7 Å². The summed E-state index contributed by atoms with van der Waals surface area (Å²) in [4.78, 5) is 17.3. The predicted octanol–water partition coefficient (Wildman–Crippen LogP) is 3.79. The van der Waals surface area contributed by atoms with Gasteiger partial charge in [-0.2, -0.15) is 0 Å². The molecule has 0 aliphatic heterocycles. The molecule has 1 aliphatic carbocycles. The van der Waals surface area contributed by atoms with Gasteiger partial charge in [-0.15, -0.1) is 5.10 Å². The zero-order valence-corrected chi connectivity index (χ0v) is 17.1. The molecule has 7 nitrogen and oxygen atoms in total. The van der Waals surface area contributed by atoms with Crippen molar-refractivity contribution in [1.29, 1.82) is 0 Å². The minimum absolute atomic E-state index is 0.0634. The highest BCUT2D eigenvalue weighted by Crippen LogP contribution is 2.39. The molecule has 0 spiro atoms. The molecule has 30 heavy (non-hydrogen) atoms. The lowest BCUT2D eigenvalue weighted by Gasteiger charge is -2.16. The molecule has 1 N–H and O–H groups in total. The first-order valence-corrected chi connectivity index (χ1v) is 9.76. The minimum Gasteiger partial charge on any atom is -0.493 e. The summed E-state index contributed by atoms with van der Waals surface area (Å²) in [5.41, 5.74) is 1.14. The maximum Gasteiger partial charge on any atom is 0.291 e. The second kappa shape index (κ2) is 8.14. The fourth-order valence-electron chi connectivity index (χ4n) is 3.33. The SMILES string of the molecule is COc1cc(F)c(C(C)NC(=O)c2nc(C3CC3)n(-c3ccccc3)n2)cc1OC. The summed E-state index contributed by atoms with van der Waals surface area (Å²) < 4.78 is 26.6. The fraction of sp³-hybridized carbons (Fsp3) is 0.318. The molecule has 1 aromatic heterocycles. The zero-order valence-electron chi connectivity index (χ0n) is 17.1. The molecule has 4 rings (SSSR count). The molecule has 1 amide bonds. The first kappa shape index (κ1) is 19.9. The van der Waals surface area contributed by atoms with Crippen molar-refractivity contribution in [2.24, 2.45) is 0 Å². The normalized spacial score (nSPS) is 14.3. The van der Waals surface area contributed by atoms with E-state index in [-0.39, 0.29) is 17.1 Å². The van der Waals surface area contributed by atoms with Gasteiger partial charge in [0, 0.05) is 17.5 Å². The standard InChI is InChI=1S/C22H23FN4O3/c1-13(16-11-18(29-2)19(30-3)12-17(16)23)24-22(28)20-25-21(14-9-10-14)27(26-20)15-7-5-4-6-8-15/h4-8,11-14H,9-10H2,1-3H3,(H,24,28). The summed E-state index contributed by atoms with van der Waals surface area (Å²) in [7, 11) is 2.91. The van der Waals surface area contributed by atoms with Crippen LogP contribution in [0.15, 0.2) is 42.5 Å². The Labute approximate surface area is 173 Å². The molecule has 1 saturated carbocycles. The Hall–Kier alpha value is -3.42. The average molecular weight is 410 g/mol. The van der Waals surface area contributed by atoms with Gasteiger partial charge in [0.05, 0.1) is 25.9 Å². The van der Waals surface area contributed by atoms with E-state index >= 15 is 0 Å². The second-order valence-electron chi connectivity index (χ2n) is 7.24. The predicted molar refractivity (Wildman–Crippen MR) is 109 cm³/mol. The van der Waals surface area contributed by atoms with Gasteiger partial charge in [0.15, 0.2) is 11.5 Å². The quantitative estimate of drug-likeness (QED) is 0.641. The smallest absolute Gasteiger partial charge is 0.291 e. The van der Waals surface area contributed by atoms with Gasteiger partial charge in [-0.25, -0.2) is 14.1 Å². The molecular formula is C22H23FN4O3. The molecule has 2 aromatic carbocycles. The highest BCUT2D eigenvalue weighted by Gasteiger charge is 2.32. The third-order valence-corrected chi connectivity index (χ3v) is 5.10. The largest absolute Gasteiger partial charge is 0.493 e. The van der Waals surface area contributed by atoms with Crippen molar-refractivity contribution in [1.82, 2.24) is 20.1 Å². The molecule has 8 heteroatoms. The molecule has 0 radical (unpaired) electrons. The van der Waals surface area contributed by atoms with Crippen LogP contribution in [0.2, 0.25) is 0 Å². The number of rotatable bonds is 7. The number of nitrogens with one attached hydrogen (secondary N) is 1. The molecule has 1 aliphatic rings. The molecule has 0 saturated heterocycles. The number of nitrogens with zero attached hydrogens (tertiary/aromatic N) is 3. The van der Waals surface area contributed by atoms with Crippen molar-refractivity contribution in [3.05, 3.63) is 65.5 Å². The van der Waals surface area contributed by atoms with Gasteiger partial charge < -0.3 is 14.8 Å². The van der Waals surface area contributed by atoms with Crippen molar-refractivity contribution in [3.8, 4) is 17.2 Å². The van der Waals surface area contributed by atoms with Crippen LogP contribution in [0.25, 0.3) is 5.69 Å². The van der Waals surface area contributed by atoms with Gasteiger partial charge in [0.1, 0.15) is 11.6 Å². The minimum atomic E-state index is -0.620.